The van der Waals surface area contributed by atoms with Crippen molar-refractivity contribution in [2.75, 3.05) is 6.61 Å². The first-order valence-corrected chi connectivity index (χ1v) is 12.8. The topological polar surface area (TPSA) is 102 Å². The second kappa shape index (κ2) is 10.8. The van der Waals surface area contributed by atoms with Crippen LogP contribution in [-0.2, 0) is 18.6 Å². The van der Waals surface area contributed by atoms with Crippen molar-refractivity contribution in [3.8, 4) is 5.75 Å². The van der Waals surface area contributed by atoms with E-state index in [-0.39, 0.29) is 11.4 Å². The largest absolute Gasteiger partial charge is 0.494 e. The fourth-order valence-corrected chi connectivity index (χ4v) is 4.67. The number of rotatable bonds is 9. The number of hydrogen-bond acceptors (Lipinski definition) is 7. The van der Waals surface area contributed by atoms with Crippen molar-refractivity contribution in [2.45, 2.75) is 52.4 Å². The van der Waals surface area contributed by atoms with Gasteiger partial charge in [0.2, 0.25) is 0 Å². The summed E-state index contributed by atoms with van der Waals surface area (Å²) in [7, 11) is 0. The number of furan rings is 1. The highest BCUT2D eigenvalue weighted by Gasteiger charge is 2.34. The molecule has 0 spiro atoms. The second-order valence-electron chi connectivity index (χ2n) is 10.4. The van der Waals surface area contributed by atoms with Gasteiger partial charge in [-0.1, -0.05) is 12.1 Å². The number of ether oxygens (including phenoxy) is 1. The summed E-state index contributed by atoms with van der Waals surface area (Å²) < 4.78 is 26.9. The first-order valence-electron chi connectivity index (χ1n) is 12.8. The van der Waals surface area contributed by atoms with Crippen LogP contribution in [0.25, 0.3) is 10.9 Å². The van der Waals surface area contributed by atoms with Gasteiger partial charge >= 0.3 is 0 Å². The fraction of sp³-hybridized carbons (Fsp3) is 0.310. The molecule has 3 heterocycles. The Morgan fingerprint density at radius 2 is 1.90 bits per heavy atom. The van der Waals surface area contributed by atoms with Crippen LogP contribution in [-0.4, -0.2) is 36.7 Å². The van der Waals surface area contributed by atoms with Crippen LogP contribution in [0.1, 0.15) is 56.4 Å². The smallest absolute Gasteiger partial charge is 0.253 e. The molecule has 0 amide bonds. The Bertz CT molecular complexity index is 1600. The van der Waals surface area contributed by atoms with Crippen LogP contribution in [0.5, 0.6) is 5.75 Å². The number of benzene rings is 2. The van der Waals surface area contributed by atoms with Gasteiger partial charge < -0.3 is 14.1 Å². The van der Waals surface area contributed by atoms with Crippen LogP contribution in [0.2, 0.25) is 0 Å². The maximum Gasteiger partial charge on any atom is 0.253 e. The van der Waals surface area contributed by atoms with E-state index in [0.29, 0.717) is 48.1 Å². The maximum absolute atomic E-state index is 13.7. The molecule has 0 fully saturated rings. The summed E-state index contributed by atoms with van der Waals surface area (Å²) in [6.07, 6.45) is 1.61. The van der Waals surface area contributed by atoms with Gasteiger partial charge in [0.15, 0.2) is 5.82 Å². The quantitative estimate of drug-likeness (QED) is 0.280. The van der Waals surface area contributed by atoms with E-state index < -0.39 is 11.6 Å². The lowest BCUT2D eigenvalue weighted by molar-refractivity contribution is 0.171. The van der Waals surface area contributed by atoms with Gasteiger partial charge in [0.05, 0.1) is 25.0 Å². The Kier molecular flexibility index (Phi) is 7.30. The molecule has 0 aliphatic heterocycles. The summed E-state index contributed by atoms with van der Waals surface area (Å²) in [4.78, 5) is 18.8. The van der Waals surface area contributed by atoms with Crippen LogP contribution in [0, 0.1) is 5.82 Å². The first kappa shape index (κ1) is 26.3. The number of hydrogen-bond donors (Lipinski definition) is 1. The number of nitrogens with one attached hydrogen (secondary N) is 1. The molecule has 39 heavy (non-hydrogen) atoms. The summed E-state index contributed by atoms with van der Waals surface area (Å²) in [6.45, 7) is 9.17. The molecule has 5 aromatic rings. The summed E-state index contributed by atoms with van der Waals surface area (Å²) >= 11 is 0. The van der Waals surface area contributed by atoms with Crippen molar-refractivity contribution in [1.29, 1.82) is 0 Å². The van der Waals surface area contributed by atoms with Crippen LogP contribution >= 0.6 is 0 Å². The van der Waals surface area contributed by atoms with E-state index in [2.05, 4.69) is 25.4 Å². The van der Waals surface area contributed by atoms with Gasteiger partial charge in [-0.3, -0.25) is 9.69 Å². The van der Waals surface area contributed by atoms with Crippen molar-refractivity contribution >= 4 is 10.9 Å². The number of nitrogens with zero attached hydrogens (tertiary/aromatic N) is 5. The van der Waals surface area contributed by atoms with Gasteiger partial charge in [0.1, 0.15) is 23.4 Å². The maximum atomic E-state index is 13.7. The fourth-order valence-electron chi connectivity index (χ4n) is 4.67. The molecule has 10 heteroatoms. The molecule has 3 aromatic heterocycles. The van der Waals surface area contributed by atoms with Crippen molar-refractivity contribution < 1.29 is 13.5 Å². The molecule has 0 saturated carbocycles. The average Bonchev–Trinajstić information content (AvgIpc) is 3.59. The van der Waals surface area contributed by atoms with Crippen molar-refractivity contribution in [3.63, 3.8) is 0 Å². The van der Waals surface area contributed by atoms with Gasteiger partial charge in [-0.25, -0.2) is 9.07 Å². The first-order chi connectivity index (χ1) is 18.7. The average molecular weight is 531 g/mol. The molecule has 1 atom stereocenters. The van der Waals surface area contributed by atoms with Crippen LogP contribution in [0.15, 0.2) is 76.1 Å². The summed E-state index contributed by atoms with van der Waals surface area (Å²) in [5, 5.41) is 13.5. The zero-order valence-corrected chi connectivity index (χ0v) is 22.4. The number of tetrazole rings is 1. The molecule has 202 valence electrons. The normalized spacial score (nSPS) is 12.8. The Balaban J connectivity index is 1.71. The van der Waals surface area contributed by atoms with Crippen LogP contribution in [0.4, 0.5) is 4.39 Å². The summed E-state index contributed by atoms with van der Waals surface area (Å²) in [5.41, 5.74) is 1.29. The Morgan fingerprint density at radius 3 is 2.59 bits per heavy atom. The molecule has 5 rings (SSSR count). The van der Waals surface area contributed by atoms with Gasteiger partial charge in [-0.15, -0.1) is 5.10 Å². The minimum Gasteiger partial charge on any atom is -0.494 e. The molecular weight excluding hydrogens is 499 g/mol. The highest BCUT2D eigenvalue weighted by Crippen LogP contribution is 2.32. The molecule has 1 N–H and O–H groups in total. The third-order valence-corrected chi connectivity index (χ3v) is 6.43. The molecule has 0 bridgehead atoms. The molecule has 9 nitrogen and oxygen atoms in total. The zero-order valence-electron chi connectivity index (χ0n) is 22.4. The van der Waals surface area contributed by atoms with Crippen molar-refractivity contribution in [1.82, 2.24) is 30.1 Å². The second-order valence-corrected chi connectivity index (χ2v) is 10.4. The van der Waals surface area contributed by atoms with Gasteiger partial charge in [-0.05, 0) is 92.2 Å². The Hall–Kier alpha value is -4.31. The molecule has 0 aliphatic rings. The molecular formula is C29H31FN6O3. The van der Waals surface area contributed by atoms with Gasteiger partial charge in [-0.2, -0.15) is 0 Å². The molecule has 2 aromatic carbocycles. The Morgan fingerprint density at radius 1 is 1.10 bits per heavy atom. The molecule has 0 aliphatic carbocycles. The predicted octanol–water partition coefficient (Wildman–Crippen LogP) is 5.19. The highest BCUT2D eigenvalue weighted by atomic mass is 19.1. The number of aromatic nitrogens is 5. The van der Waals surface area contributed by atoms with Crippen molar-refractivity contribution in [3.05, 3.63) is 106 Å². The van der Waals surface area contributed by atoms with E-state index in [1.54, 1.807) is 23.1 Å². The van der Waals surface area contributed by atoms with Gasteiger partial charge in [0, 0.05) is 23.0 Å². The summed E-state index contributed by atoms with van der Waals surface area (Å²) in [6, 6.07) is 16.8. The van der Waals surface area contributed by atoms with E-state index in [1.165, 1.54) is 12.1 Å². The van der Waals surface area contributed by atoms with Gasteiger partial charge in [0.25, 0.3) is 5.56 Å². The molecule has 0 radical (unpaired) electrons. The predicted molar refractivity (Wildman–Crippen MR) is 145 cm³/mol. The summed E-state index contributed by atoms with van der Waals surface area (Å²) in [5.74, 6) is 1.59. The standard InChI is InChI=1S/C29H31FN6O3/c1-5-38-22-12-13-25-20(15-22)16-24(28(37)31-25)26(27-32-33-34-36(27)29(2,3)4)35(18-23-7-6-14-39-23)17-19-8-10-21(30)11-9-19/h6-16,26H,5,17-18H2,1-4H3,(H,31,37)/t26-/m0/s1. The van der Waals surface area contributed by atoms with Crippen LogP contribution < -0.4 is 10.3 Å². The lowest BCUT2D eigenvalue weighted by Gasteiger charge is -2.32. The lowest BCUT2D eigenvalue weighted by atomic mass is 10.0. The number of pyridine rings is 1. The minimum atomic E-state index is -0.668. The number of fused-ring (bicyclic) bond motifs is 1. The Labute approximate surface area is 225 Å². The minimum absolute atomic E-state index is 0.260. The van der Waals surface area contributed by atoms with E-state index in [9.17, 15) is 9.18 Å². The van der Waals surface area contributed by atoms with E-state index in [4.69, 9.17) is 9.15 Å². The van der Waals surface area contributed by atoms with Crippen LogP contribution in [0.3, 0.4) is 0 Å². The van der Waals surface area contributed by atoms with E-state index in [0.717, 1.165) is 10.9 Å². The molecule has 0 saturated heterocycles. The third-order valence-electron chi connectivity index (χ3n) is 6.43. The number of aromatic amines is 1. The molecule has 0 unspecified atom stereocenters. The monoisotopic (exact) mass is 530 g/mol. The van der Waals surface area contributed by atoms with Crippen molar-refractivity contribution in [2.24, 2.45) is 0 Å². The third kappa shape index (κ3) is 5.75. The highest BCUT2D eigenvalue weighted by molar-refractivity contribution is 5.80. The zero-order chi connectivity index (χ0) is 27.6. The number of halogens is 1. The SMILES string of the molecule is CCOc1ccc2[nH]c(=O)c([C@@H](c3nnnn3C(C)(C)C)N(Cc3ccc(F)cc3)Cc3ccco3)cc2c1. The van der Waals surface area contributed by atoms with E-state index in [1.807, 2.05) is 64.1 Å². The lowest BCUT2D eigenvalue weighted by Crippen LogP contribution is -2.37. The van der Waals surface area contributed by atoms with E-state index >= 15 is 0 Å². The number of H-pyrrole nitrogens is 1.